The van der Waals surface area contributed by atoms with Gasteiger partial charge in [-0.1, -0.05) is 18.9 Å². The van der Waals surface area contributed by atoms with E-state index in [1.807, 2.05) is 0 Å². The molecule has 2 aromatic rings. The Morgan fingerprint density at radius 1 is 1.41 bits per heavy atom. The average molecular weight is 301 g/mol. The number of fused-ring (bicyclic) bond motifs is 1. The predicted octanol–water partition coefficient (Wildman–Crippen LogP) is 1.38. The van der Waals surface area contributed by atoms with Crippen molar-refractivity contribution in [2.45, 2.75) is 31.2 Å². The molecule has 0 spiro atoms. The first-order valence-electron chi connectivity index (χ1n) is 7.43. The lowest BCUT2D eigenvalue weighted by molar-refractivity contribution is 0.0765. The molecule has 1 amide bonds. The number of aromatic nitrogens is 2. The van der Waals surface area contributed by atoms with Gasteiger partial charge in [0.05, 0.1) is 12.1 Å². The second kappa shape index (κ2) is 5.88. The molecule has 6 nitrogen and oxygen atoms in total. The number of nitrogens with one attached hydrogen (secondary N) is 1. The van der Waals surface area contributed by atoms with Gasteiger partial charge in [-0.25, -0.2) is 4.98 Å². The summed E-state index contributed by atoms with van der Waals surface area (Å²) in [5.41, 5.74) is -0.134. The highest BCUT2D eigenvalue weighted by molar-refractivity contribution is 5.94. The molecule has 0 aliphatic heterocycles. The second-order valence-corrected chi connectivity index (χ2v) is 5.78. The largest absolute Gasteiger partial charge is 0.382 e. The first-order chi connectivity index (χ1) is 10.7. The van der Waals surface area contributed by atoms with Crippen LogP contribution in [0.4, 0.5) is 0 Å². The van der Waals surface area contributed by atoms with Crippen LogP contribution in [-0.2, 0) is 4.74 Å². The number of carbonyl (C=O) groups is 1. The van der Waals surface area contributed by atoms with E-state index in [2.05, 4.69) is 10.3 Å². The zero-order valence-corrected chi connectivity index (χ0v) is 12.5. The number of hydrogen-bond donors (Lipinski definition) is 1. The van der Waals surface area contributed by atoms with Gasteiger partial charge >= 0.3 is 0 Å². The number of pyridine rings is 1. The van der Waals surface area contributed by atoms with Gasteiger partial charge in [-0.15, -0.1) is 0 Å². The minimum atomic E-state index is -0.380. The van der Waals surface area contributed by atoms with E-state index in [1.165, 1.54) is 10.6 Å². The van der Waals surface area contributed by atoms with Gasteiger partial charge in [0.1, 0.15) is 11.2 Å². The van der Waals surface area contributed by atoms with Gasteiger partial charge in [0, 0.05) is 19.5 Å². The minimum absolute atomic E-state index is 0.0612. The van der Waals surface area contributed by atoms with Gasteiger partial charge < -0.3 is 10.1 Å². The minimum Gasteiger partial charge on any atom is -0.382 e. The lowest BCUT2D eigenvalue weighted by Gasteiger charge is -2.29. The van der Waals surface area contributed by atoms with E-state index >= 15 is 0 Å². The molecule has 22 heavy (non-hydrogen) atoms. The molecule has 6 heteroatoms. The van der Waals surface area contributed by atoms with E-state index in [4.69, 9.17) is 4.74 Å². The van der Waals surface area contributed by atoms with Crippen LogP contribution < -0.4 is 10.9 Å². The van der Waals surface area contributed by atoms with Crippen molar-refractivity contribution in [2.24, 2.45) is 0 Å². The highest BCUT2D eigenvalue weighted by Gasteiger charge is 2.36. The van der Waals surface area contributed by atoms with E-state index in [9.17, 15) is 9.59 Å². The normalized spacial score (nSPS) is 16.8. The van der Waals surface area contributed by atoms with Crippen molar-refractivity contribution in [3.63, 3.8) is 0 Å². The third-order valence-electron chi connectivity index (χ3n) is 4.22. The Bertz CT molecular complexity index is 748. The monoisotopic (exact) mass is 301 g/mol. The Kier molecular flexibility index (Phi) is 3.94. The van der Waals surface area contributed by atoms with Gasteiger partial charge in [0.2, 0.25) is 0 Å². The summed E-state index contributed by atoms with van der Waals surface area (Å²) in [6.45, 7) is 0.459. The molecule has 0 aromatic carbocycles. The molecule has 2 heterocycles. The van der Waals surface area contributed by atoms with Crippen LogP contribution in [0.5, 0.6) is 0 Å². The molecule has 3 rings (SSSR count). The fraction of sp³-hybridized carbons (Fsp3) is 0.438. The molecule has 1 saturated carbocycles. The zero-order chi connectivity index (χ0) is 15.6. The van der Waals surface area contributed by atoms with Gasteiger partial charge in [-0.2, -0.15) is 0 Å². The summed E-state index contributed by atoms with van der Waals surface area (Å²) in [4.78, 5) is 29.1. The van der Waals surface area contributed by atoms with Crippen molar-refractivity contribution in [3.05, 3.63) is 46.5 Å². The zero-order valence-electron chi connectivity index (χ0n) is 12.5. The molecule has 0 radical (unpaired) electrons. The molecule has 1 aliphatic rings. The number of ether oxygens (including phenoxy) is 1. The van der Waals surface area contributed by atoms with E-state index < -0.39 is 0 Å². The third-order valence-corrected chi connectivity index (χ3v) is 4.22. The maximum absolute atomic E-state index is 12.5. The van der Waals surface area contributed by atoms with Crippen molar-refractivity contribution < 1.29 is 9.53 Å². The first-order valence-corrected chi connectivity index (χ1v) is 7.43. The van der Waals surface area contributed by atoms with Crippen LogP contribution in [0.1, 0.15) is 36.0 Å². The van der Waals surface area contributed by atoms with Crippen molar-refractivity contribution in [2.75, 3.05) is 13.7 Å². The molecule has 116 valence electrons. The molecule has 0 unspecified atom stereocenters. The maximum atomic E-state index is 12.5. The van der Waals surface area contributed by atoms with Gasteiger partial charge in [-0.3, -0.25) is 14.0 Å². The van der Waals surface area contributed by atoms with Crippen molar-refractivity contribution in [1.29, 1.82) is 0 Å². The van der Waals surface area contributed by atoms with E-state index in [1.54, 1.807) is 31.5 Å². The predicted molar refractivity (Wildman–Crippen MR) is 82.0 cm³/mol. The summed E-state index contributed by atoms with van der Waals surface area (Å²) in [7, 11) is 1.62. The summed E-state index contributed by atoms with van der Waals surface area (Å²) < 4.78 is 6.63. The van der Waals surface area contributed by atoms with Crippen LogP contribution in [0.15, 0.2) is 35.4 Å². The molecule has 2 aromatic heterocycles. The maximum Gasteiger partial charge on any atom is 0.270 e. The van der Waals surface area contributed by atoms with Crippen LogP contribution in [-0.4, -0.2) is 34.5 Å². The smallest absolute Gasteiger partial charge is 0.270 e. The summed E-state index contributed by atoms with van der Waals surface area (Å²) >= 11 is 0. The Hall–Kier alpha value is -2.21. The summed E-state index contributed by atoms with van der Waals surface area (Å²) in [6.07, 6.45) is 6.81. The highest BCUT2D eigenvalue weighted by Crippen LogP contribution is 2.30. The summed E-state index contributed by atoms with van der Waals surface area (Å²) in [5, 5.41) is 3.00. The summed E-state index contributed by atoms with van der Waals surface area (Å²) in [5.74, 6) is -0.380. The Balaban J connectivity index is 1.92. The molecule has 1 N–H and O–H groups in total. The van der Waals surface area contributed by atoms with Crippen molar-refractivity contribution in [1.82, 2.24) is 14.7 Å². The van der Waals surface area contributed by atoms with Crippen molar-refractivity contribution >= 4 is 11.6 Å². The number of nitrogens with zero attached hydrogens (tertiary/aromatic N) is 2. The Labute approximate surface area is 128 Å². The van der Waals surface area contributed by atoms with Gasteiger partial charge in [0.15, 0.2) is 0 Å². The molecular weight excluding hydrogens is 282 g/mol. The average Bonchev–Trinajstić information content (AvgIpc) is 2.96. The first kappa shape index (κ1) is 14.7. The molecule has 1 fully saturated rings. The van der Waals surface area contributed by atoms with Crippen LogP contribution >= 0.6 is 0 Å². The number of rotatable bonds is 4. The quantitative estimate of drug-likeness (QED) is 0.926. The lowest BCUT2D eigenvalue weighted by Crippen LogP contribution is -2.50. The molecule has 1 aliphatic carbocycles. The number of carbonyl (C=O) groups excluding carboxylic acids is 1. The molecular formula is C16H19N3O3. The van der Waals surface area contributed by atoms with E-state index in [-0.39, 0.29) is 22.6 Å². The molecule has 0 saturated heterocycles. The fourth-order valence-corrected chi connectivity index (χ4v) is 3.12. The third kappa shape index (κ3) is 2.62. The van der Waals surface area contributed by atoms with Crippen LogP contribution in [0.25, 0.3) is 5.65 Å². The van der Waals surface area contributed by atoms with Crippen LogP contribution in [0.3, 0.4) is 0 Å². The van der Waals surface area contributed by atoms with E-state index in [0.29, 0.717) is 12.3 Å². The van der Waals surface area contributed by atoms with Gasteiger partial charge in [-0.05, 0) is 25.0 Å². The van der Waals surface area contributed by atoms with Crippen LogP contribution in [0, 0.1) is 0 Å². The molecule has 0 atom stereocenters. The second-order valence-electron chi connectivity index (χ2n) is 5.78. The van der Waals surface area contributed by atoms with Gasteiger partial charge in [0.25, 0.3) is 11.5 Å². The molecule has 0 bridgehead atoms. The lowest BCUT2D eigenvalue weighted by atomic mass is 9.98. The Morgan fingerprint density at radius 2 is 2.18 bits per heavy atom. The van der Waals surface area contributed by atoms with E-state index in [0.717, 1.165) is 25.7 Å². The standard InChI is InChI=1S/C16H19N3O3/c1-22-11-16(7-3-4-8-16)18-14(20)12-10-17-13-6-2-5-9-19(13)15(12)21/h2,5-6,9-10H,3-4,7-8,11H2,1H3,(H,18,20). The number of methoxy groups -OCH3 is 1. The van der Waals surface area contributed by atoms with Crippen molar-refractivity contribution in [3.8, 4) is 0 Å². The SMILES string of the molecule is COCC1(NC(=O)c2cnc3ccccn3c2=O)CCCC1. The topological polar surface area (TPSA) is 72.7 Å². The number of hydrogen-bond acceptors (Lipinski definition) is 4. The highest BCUT2D eigenvalue weighted by atomic mass is 16.5. The number of amides is 1. The summed E-state index contributed by atoms with van der Waals surface area (Å²) in [6, 6.07) is 5.27. The fourth-order valence-electron chi connectivity index (χ4n) is 3.12. The van der Waals surface area contributed by atoms with Crippen LogP contribution in [0.2, 0.25) is 0 Å². The Morgan fingerprint density at radius 3 is 2.91 bits per heavy atom.